The maximum absolute atomic E-state index is 12.9. The van der Waals surface area contributed by atoms with Crippen molar-refractivity contribution in [3.8, 4) is 11.5 Å². The van der Waals surface area contributed by atoms with E-state index in [2.05, 4.69) is 0 Å². The summed E-state index contributed by atoms with van der Waals surface area (Å²) in [6.45, 7) is 0.165. The second-order valence-corrected chi connectivity index (χ2v) is 7.49. The summed E-state index contributed by atoms with van der Waals surface area (Å²) in [7, 11) is 0. The van der Waals surface area contributed by atoms with Crippen molar-refractivity contribution in [3.05, 3.63) is 64.6 Å². The van der Waals surface area contributed by atoms with Crippen molar-refractivity contribution < 1.29 is 24.2 Å². The Kier molecular flexibility index (Phi) is 4.59. The first-order chi connectivity index (χ1) is 13.0. The zero-order valence-electron chi connectivity index (χ0n) is 13.8. The lowest BCUT2D eigenvalue weighted by molar-refractivity contribution is -0.145. The average molecular weight is 399 g/mol. The van der Waals surface area contributed by atoms with E-state index >= 15 is 0 Å². The lowest BCUT2D eigenvalue weighted by Gasteiger charge is -2.23. The van der Waals surface area contributed by atoms with Gasteiger partial charge in [0, 0.05) is 0 Å². The van der Waals surface area contributed by atoms with Gasteiger partial charge in [0.25, 0.3) is 5.91 Å². The van der Waals surface area contributed by atoms with Gasteiger partial charge in [-0.15, -0.1) is 0 Å². The predicted octanol–water partition coefficient (Wildman–Crippen LogP) is 3.44. The highest BCUT2D eigenvalue weighted by atomic mass is 32.2. The van der Waals surface area contributed by atoms with Crippen LogP contribution in [0.3, 0.4) is 0 Å². The number of fused-ring (bicyclic) bond motifs is 1. The summed E-state index contributed by atoms with van der Waals surface area (Å²) in [6.07, 6.45) is 1.67. The summed E-state index contributed by atoms with van der Waals surface area (Å²) in [6, 6.07) is 12.7. The number of ether oxygens (including phenoxy) is 2. The van der Waals surface area contributed by atoms with E-state index in [1.165, 1.54) is 0 Å². The fraction of sp³-hybridized carbons (Fsp3) is 0.105. The van der Waals surface area contributed by atoms with Crippen molar-refractivity contribution in [2.45, 2.75) is 6.04 Å². The number of carboxylic acids is 1. The molecule has 1 amide bonds. The van der Waals surface area contributed by atoms with E-state index in [9.17, 15) is 14.7 Å². The van der Waals surface area contributed by atoms with Gasteiger partial charge in [0.05, 0.1) is 4.91 Å². The molecule has 6 nitrogen and oxygen atoms in total. The Balaban J connectivity index is 1.66. The normalized spacial score (nSPS) is 18.2. The molecule has 2 aromatic rings. The molecule has 2 heterocycles. The molecule has 8 heteroatoms. The first-order valence-corrected chi connectivity index (χ1v) is 9.21. The number of aliphatic carboxylic acids is 1. The maximum atomic E-state index is 12.9. The Morgan fingerprint density at radius 3 is 2.67 bits per heavy atom. The zero-order chi connectivity index (χ0) is 19.0. The molecule has 0 aromatic heterocycles. The summed E-state index contributed by atoms with van der Waals surface area (Å²) >= 11 is 6.39. The van der Waals surface area contributed by atoms with Crippen LogP contribution >= 0.6 is 24.0 Å². The number of hydrogen-bond donors (Lipinski definition) is 1. The zero-order valence-corrected chi connectivity index (χ0v) is 15.5. The Labute approximate surface area is 164 Å². The fourth-order valence-corrected chi connectivity index (χ4v) is 4.21. The fourth-order valence-electron chi connectivity index (χ4n) is 2.89. The van der Waals surface area contributed by atoms with Crippen LogP contribution in [-0.2, 0) is 9.59 Å². The van der Waals surface area contributed by atoms with Gasteiger partial charge in [-0.3, -0.25) is 9.69 Å². The third-order valence-electron chi connectivity index (χ3n) is 4.13. The molecule has 27 heavy (non-hydrogen) atoms. The van der Waals surface area contributed by atoms with Crippen molar-refractivity contribution in [1.82, 2.24) is 4.90 Å². The molecule has 1 saturated heterocycles. The standard InChI is InChI=1S/C19H13NO5S2/c21-17-15(9-11-6-7-13-14(8-11)25-10-24-13)27-19(26)20(17)16(18(22)23)12-4-2-1-3-5-12/h1-9,16H,10H2,(H,22,23)/b15-9-. The number of carboxylic acid groups (broad SMARTS) is 1. The second kappa shape index (κ2) is 7.05. The number of amides is 1. The molecule has 2 aromatic carbocycles. The molecule has 0 spiro atoms. The molecular weight excluding hydrogens is 386 g/mol. The van der Waals surface area contributed by atoms with Crippen LogP contribution in [0.4, 0.5) is 0 Å². The van der Waals surface area contributed by atoms with Gasteiger partial charge in [-0.05, 0) is 29.3 Å². The van der Waals surface area contributed by atoms with Crippen molar-refractivity contribution in [2.24, 2.45) is 0 Å². The van der Waals surface area contributed by atoms with Gasteiger partial charge in [-0.25, -0.2) is 4.79 Å². The summed E-state index contributed by atoms with van der Waals surface area (Å²) in [5.41, 5.74) is 1.23. The van der Waals surface area contributed by atoms with Gasteiger partial charge in [0.2, 0.25) is 6.79 Å². The van der Waals surface area contributed by atoms with Crippen molar-refractivity contribution >= 4 is 46.3 Å². The molecule has 2 aliphatic rings. The minimum Gasteiger partial charge on any atom is -0.479 e. The Bertz CT molecular complexity index is 973. The first kappa shape index (κ1) is 17.6. The molecule has 0 radical (unpaired) electrons. The molecule has 0 bridgehead atoms. The molecule has 1 N–H and O–H groups in total. The van der Waals surface area contributed by atoms with E-state index in [1.54, 1.807) is 54.6 Å². The predicted molar refractivity (Wildman–Crippen MR) is 104 cm³/mol. The number of carbonyl (C=O) groups is 2. The Morgan fingerprint density at radius 2 is 1.93 bits per heavy atom. The van der Waals surface area contributed by atoms with Gasteiger partial charge in [-0.1, -0.05) is 60.4 Å². The number of thioether (sulfide) groups is 1. The number of carbonyl (C=O) groups excluding carboxylic acids is 1. The van der Waals surface area contributed by atoms with Crippen molar-refractivity contribution in [1.29, 1.82) is 0 Å². The van der Waals surface area contributed by atoms with E-state index in [-0.39, 0.29) is 11.1 Å². The lowest BCUT2D eigenvalue weighted by Crippen LogP contribution is -2.37. The van der Waals surface area contributed by atoms with Crippen LogP contribution in [-0.4, -0.2) is 33.0 Å². The summed E-state index contributed by atoms with van der Waals surface area (Å²) in [4.78, 5) is 26.3. The van der Waals surface area contributed by atoms with Crippen LogP contribution in [0.25, 0.3) is 6.08 Å². The molecule has 1 unspecified atom stereocenters. The van der Waals surface area contributed by atoms with Gasteiger partial charge in [-0.2, -0.15) is 0 Å². The van der Waals surface area contributed by atoms with E-state index in [4.69, 9.17) is 21.7 Å². The molecule has 136 valence electrons. The van der Waals surface area contributed by atoms with Gasteiger partial charge < -0.3 is 14.6 Å². The summed E-state index contributed by atoms with van der Waals surface area (Å²) < 4.78 is 10.8. The van der Waals surface area contributed by atoms with E-state index in [0.29, 0.717) is 22.0 Å². The van der Waals surface area contributed by atoms with Crippen molar-refractivity contribution in [2.75, 3.05) is 6.79 Å². The lowest BCUT2D eigenvalue weighted by atomic mass is 10.1. The smallest absolute Gasteiger partial charge is 0.331 e. The minimum atomic E-state index is -1.17. The molecule has 1 atom stereocenters. The van der Waals surface area contributed by atoms with E-state index in [1.807, 2.05) is 0 Å². The Hall–Kier alpha value is -2.84. The molecule has 0 saturated carbocycles. The number of benzene rings is 2. The molecule has 2 aliphatic heterocycles. The number of nitrogens with zero attached hydrogens (tertiary/aromatic N) is 1. The van der Waals surface area contributed by atoms with Crippen LogP contribution in [0.15, 0.2) is 53.4 Å². The first-order valence-electron chi connectivity index (χ1n) is 7.99. The van der Waals surface area contributed by atoms with Crippen LogP contribution in [0.5, 0.6) is 11.5 Å². The van der Waals surface area contributed by atoms with Crippen LogP contribution in [0.2, 0.25) is 0 Å². The van der Waals surface area contributed by atoms with E-state index < -0.39 is 17.9 Å². The van der Waals surface area contributed by atoms with Crippen LogP contribution in [0.1, 0.15) is 17.2 Å². The van der Waals surface area contributed by atoms with Crippen LogP contribution < -0.4 is 9.47 Å². The third-order valence-corrected chi connectivity index (χ3v) is 5.46. The van der Waals surface area contributed by atoms with Crippen molar-refractivity contribution in [3.63, 3.8) is 0 Å². The largest absolute Gasteiger partial charge is 0.479 e. The third kappa shape index (κ3) is 3.29. The highest BCUT2D eigenvalue weighted by molar-refractivity contribution is 8.26. The SMILES string of the molecule is O=C(O)C(c1ccccc1)N1C(=O)/C(=C/c2ccc3c(c2)OCO3)SC1=S. The average Bonchev–Trinajstić information content (AvgIpc) is 3.22. The monoisotopic (exact) mass is 399 g/mol. The summed E-state index contributed by atoms with van der Waals surface area (Å²) in [5.74, 6) is -0.317. The second-order valence-electron chi connectivity index (χ2n) is 5.82. The highest BCUT2D eigenvalue weighted by Gasteiger charge is 2.41. The topological polar surface area (TPSA) is 76.1 Å². The maximum Gasteiger partial charge on any atom is 0.331 e. The van der Waals surface area contributed by atoms with E-state index in [0.717, 1.165) is 22.2 Å². The number of thiocarbonyl (C=S) groups is 1. The molecule has 4 rings (SSSR count). The van der Waals surface area contributed by atoms with Gasteiger partial charge in [0.15, 0.2) is 17.5 Å². The number of rotatable bonds is 4. The van der Waals surface area contributed by atoms with Gasteiger partial charge >= 0.3 is 5.97 Å². The molecule has 1 fully saturated rings. The number of hydrogen-bond acceptors (Lipinski definition) is 6. The summed E-state index contributed by atoms with van der Waals surface area (Å²) in [5, 5.41) is 9.69. The van der Waals surface area contributed by atoms with Gasteiger partial charge in [0.1, 0.15) is 4.32 Å². The highest BCUT2D eigenvalue weighted by Crippen LogP contribution is 2.39. The molecular formula is C19H13NO5S2. The minimum absolute atomic E-state index is 0.165. The quantitative estimate of drug-likeness (QED) is 0.623. The van der Waals surface area contributed by atoms with Crippen LogP contribution in [0, 0.1) is 0 Å². The Morgan fingerprint density at radius 1 is 1.19 bits per heavy atom. The molecule has 0 aliphatic carbocycles.